The number of carboxylic acids is 1. The largest absolute Gasteiger partial charge is 0.478 e. The number of ether oxygens (including phenoxy) is 1. The Hall–Kier alpha value is -2.57. The van der Waals surface area contributed by atoms with Crippen molar-refractivity contribution in [3.05, 3.63) is 59.1 Å². The maximum absolute atomic E-state index is 11.8. The first kappa shape index (κ1) is 16.9. The summed E-state index contributed by atoms with van der Waals surface area (Å²) in [6.45, 7) is 5.15. The Balaban J connectivity index is 1.84. The van der Waals surface area contributed by atoms with E-state index < -0.39 is 5.97 Å². The molecule has 0 radical (unpaired) electrons. The smallest absolute Gasteiger partial charge is 0.337 e. The molecule has 3 aromatic rings. The van der Waals surface area contributed by atoms with Crippen LogP contribution in [0, 0.1) is 6.92 Å². The fourth-order valence-electron chi connectivity index (χ4n) is 3.44. The van der Waals surface area contributed by atoms with Crippen molar-refractivity contribution in [1.82, 2.24) is 4.57 Å². The number of carboxylic acid groups (broad SMARTS) is 1. The Kier molecular flexibility index (Phi) is 4.53. The highest BCUT2D eigenvalue weighted by Gasteiger charge is 2.22. The topological polar surface area (TPSA) is 54.7 Å². The van der Waals surface area contributed by atoms with E-state index in [9.17, 15) is 9.90 Å². The summed E-state index contributed by atoms with van der Waals surface area (Å²) in [5.74, 6) is -0.903. The van der Waals surface area contributed by atoms with Crippen LogP contribution in [0.1, 0.15) is 16.1 Å². The summed E-state index contributed by atoms with van der Waals surface area (Å²) in [5, 5.41) is 11.6. The van der Waals surface area contributed by atoms with Gasteiger partial charge in [-0.25, -0.2) is 4.79 Å². The van der Waals surface area contributed by atoms with Gasteiger partial charge in [0, 0.05) is 30.2 Å². The molecular weight excluding hydrogens is 348 g/mol. The molecule has 4 rings (SSSR count). The molecule has 1 saturated heterocycles. The molecule has 0 bridgehead atoms. The van der Waals surface area contributed by atoms with E-state index in [4.69, 9.17) is 4.74 Å². The summed E-state index contributed by atoms with van der Waals surface area (Å²) < 4.78 is 7.48. The Morgan fingerprint density at radius 3 is 2.58 bits per heavy atom. The minimum absolute atomic E-state index is 0.335. The Labute approximate surface area is 156 Å². The average Bonchev–Trinajstić information content (AvgIpc) is 3.30. The van der Waals surface area contributed by atoms with Crippen molar-refractivity contribution in [2.45, 2.75) is 6.92 Å². The van der Waals surface area contributed by atoms with Crippen LogP contribution in [0.4, 0.5) is 5.69 Å². The van der Waals surface area contributed by atoms with Gasteiger partial charge in [-0.05, 0) is 42.6 Å². The lowest BCUT2D eigenvalue weighted by Crippen LogP contribution is -2.36. The van der Waals surface area contributed by atoms with E-state index in [0.717, 1.165) is 53.9 Å². The van der Waals surface area contributed by atoms with E-state index in [0.29, 0.717) is 5.56 Å². The second kappa shape index (κ2) is 6.97. The Morgan fingerprint density at radius 2 is 1.88 bits per heavy atom. The number of anilines is 1. The van der Waals surface area contributed by atoms with Crippen LogP contribution in [0.2, 0.25) is 0 Å². The highest BCUT2D eigenvalue weighted by atomic mass is 32.1. The number of benzene rings is 1. The zero-order valence-electron chi connectivity index (χ0n) is 14.5. The molecule has 1 aromatic carbocycles. The lowest BCUT2D eigenvalue weighted by Gasteiger charge is -2.29. The molecule has 0 spiro atoms. The summed E-state index contributed by atoms with van der Waals surface area (Å²) in [7, 11) is 0. The van der Waals surface area contributed by atoms with Crippen molar-refractivity contribution in [2.24, 2.45) is 0 Å². The molecule has 0 amide bonds. The molecule has 1 aliphatic rings. The van der Waals surface area contributed by atoms with Crippen molar-refractivity contribution >= 4 is 23.0 Å². The molecule has 2 aromatic heterocycles. The van der Waals surface area contributed by atoms with Crippen LogP contribution in [0.15, 0.2) is 47.8 Å². The zero-order chi connectivity index (χ0) is 18.1. The number of aromatic carboxylic acids is 1. The highest BCUT2D eigenvalue weighted by Crippen LogP contribution is 2.34. The molecule has 0 atom stereocenters. The van der Waals surface area contributed by atoms with Gasteiger partial charge in [0.05, 0.1) is 29.3 Å². The molecule has 1 fully saturated rings. The van der Waals surface area contributed by atoms with Crippen molar-refractivity contribution in [2.75, 3.05) is 31.2 Å². The minimum Gasteiger partial charge on any atom is -0.478 e. The van der Waals surface area contributed by atoms with Crippen LogP contribution in [-0.2, 0) is 4.74 Å². The Morgan fingerprint density at radius 1 is 1.12 bits per heavy atom. The zero-order valence-corrected chi connectivity index (χ0v) is 15.3. The van der Waals surface area contributed by atoms with Gasteiger partial charge in [0.15, 0.2) is 0 Å². The molecule has 6 heteroatoms. The molecule has 1 N–H and O–H groups in total. The minimum atomic E-state index is -0.903. The maximum Gasteiger partial charge on any atom is 0.337 e. The summed E-state index contributed by atoms with van der Waals surface area (Å²) in [6.07, 6.45) is 0. The quantitative estimate of drug-likeness (QED) is 0.755. The predicted molar refractivity (Wildman–Crippen MR) is 104 cm³/mol. The number of aryl methyl sites for hydroxylation is 1. The third-order valence-corrected chi connectivity index (χ3v) is 5.51. The predicted octanol–water partition coefficient (Wildman–Crippen LogP) is 4.05. The first-order chi connectivity index (χ1) is 12.6. The summed E-state index contributed by atoms with van der Waals surface area (Å²) >= 11 is 1.55. The van der Waals surface area contributed by atoms with E-state index in [2.05, 4.69) is 17.0 Å². The number of aromatic nitrogens is 1. The molecule has 0 saturated carbocycles. The van der Waals surface area contributed by atoms with Crippen LogP contribution in [0.3, 0.4) is 0 Å². The number of hydrogen-bond acceptors (Lipinski definition) is 4. The standard InChI is InChI=1S/C20H20N2O3S/c1-14-12-17(20(23)24)19(18-6-3-11-26-18)22(14)16-5-2-4-15(13-16)21-7-9-25-10-8-21/h2-6,11-13H,7-10H2,1H3,(H,23,24). The van der Waals surface area contributed by atoms with E-state index in [1.807, 2.05) is 41.1 Å². The first-order valence-electron chi connectivity index (χ1n) is 8.58. The second-order valence-electron chi connectivity index (χ2n) is 6.29. The molecule has 3 heterocycles. The number of carbonyl (C=O) groups is 1. The van der Waals surface area contributed by atoms with Gasteiger partial charge in [0.25, 0.3) is 0 Å². The monoisotopic (exact) mass is 368 g/mol. The summed E-state index contributed by atoms with van der Waals surface area (Å²) in [5.41, 5.74) is 4.09. The van der Waals surface area contributed by atoms with Gasteiger partial charge < -0.3 is 19.3 Å². The van der Waals surface area contributed by atoms with Crippen LogP contribution in [0.25, 0.3) is 16.3 Å². The molecule has 0 aliphatic carbocycles. The Bertz CT molecular complexity index is 925. The molecule has 26 heavy (non-hydrogen) atoms. The second-order valence-corrected chi connectivity index (χ2v) is 7.23. The molecule has 1 aliphatic heterocycles. The van der Waals surface area contributed by atoms with E-state index in [1.165, 1.54) is 0 Å². The van der Waals surface area contributed by atoms with Crippen molar-refractivity contribution in [3.8, 4) is 16.3 Å². The first-order valence-corrected chi connectivity index (χ1v) is 9.46. The average molecular weight is 368 g/mol. The van der Waals surface area contributed by atoms with Gasteiger partial charge in [0.2, 0.25) is 0 Å². The van der Waals surface area contributed by atoms with Crippen LogP contribution >= 0.6 is 11.3 Å². The van der Waals surface area contributed by atoms with Gasteiger partial charge in [-0.2, -0.15) is 0 Å². The highest BCUT2D eigenvalue weighted by molar-refractivity contribution is 7.13. The van der Waals surface area contributed by atoms with Crippen molar-refractivity contribution in [3.63, 3.8) is 0 Å². The summed E-state index contributed by atoms with van der Waals surface area (Å²) in [6, 6.07) is 13.9. The third kappa shape index (κ3) is 3.02. The fraction of sp³-hybridized carbons (Fsp3) is 0.250. The molecule has 5 nitrogen and oxygen atoms in total. The molecule has 0 unspecified atom stereocenters. The fourth-order valence-corrected chi connectivity index (χ4v) is 4.21. The van der Waals surface area contributed by atoms with Gasteiger partial charge in [0.1, 0.15) is 0 Å². The lowest BCUT2D eigenvalue weighted by molar-refractivity contribution is 0.0698. The van der Waals surface area contributed by atoms with Crippen LogP contribution in [-0.4, -0.2) is 41.9 Å². The van der Waals surface area contributed by atoms with E-state index in [-0.39, 0.29) is 0 Å². The number of morpholine rings is 1. The van der Waals surface area contributed by atoms with Gasteiger partial charge in [-0.3, -0.25) is 0 Å². The molecular formula is C20H20N2O3S. The van der Waals surface area contributed by atoms with Crippen LogP contribution < -0.4 is 4.90 Å². The van der Waals surface area contributed by atoms with E-state index in [1.54, 1.807) is 17.4 Å². The van der Waals surface area contributed by atoms with Crippen molar-refractivity contribution < 1.29 is 14.6 Å². The lowest BCUT2D eigenvalue weighted by atomic mass is 10.2. The van der Waals surface area contributed by atoms with Crippen LogP contribution in [0.5, 0.6) is 0 Å². The van der Waals surface area contributed by atoms with Crippen molar-refractivity contribution in [1.29, 1.82) is 0 Å². The number of thiophene rings is 1. The normalized spacial score (nSPS) is 14.6. The van der Waals surface area contributed by atoms with Gasteiger partial charge in [-0.1, -0.05) is 12.1 Å². The number of rotatable bonds is 4. The SMILES string of the molecule is Cc1cc(C(=O)O)c(-c2cccs2)n1-c1cccc(N2CCOCC2)c1. The molecule has 134 valence electrons. The summed E-state index contributed by atoms with van der Waals surface area (Å²) in [4.78, 5) is 15.0. The number of nitrogens with zero attached hydrogens (tertiary/aromatic N) is 2. The maximum atomic E-state index is 11.8. The van der Waals surface area contributed by atoms with E-state index >= 15 is 0 Å². The van der Waals surface area contributed by atoms with Gasteiger partial charge >= 0.3 is 5.97 Å². The van der Waals surface area contributed by atoms with Gasteiger partial charge in [-0.15, -0.1) is 11.3 Å². The number of hydrogen-bond donors (Lipinski definition) is 1. The third-order valence-electron chi connectivity index (χ3n) is 4.63.